The first-order chi connectivity index (χ1) is 16.5. The van der Waals surface area contributed by atoms with E-state index >= 15 is 0 Å². The number of aromatic nitrogens is 3. The first-order valence-corrected chi connectivity index (χ1v) is 11.9. The topological polar surface area (TPSA) is 94.5 Å². The van der Waals surface area contributed by atoms with Crippen LogP contribution in [0.15, 0.2) is 50.0 Å². The number of halogens is 1. The van der Waals surface area contributed by atoms with E-state index in [1.807, 2.05) is 25.1 Å². The SMILES string of the molecule is CCC1=C(NC2COC2)N=c2c(cc(-c3ccc(-c4noc(C)n4)cc3Cl)c(=O)n2CC)=CC1. The van der Waals surface area contributed by atoms with Crippen molar-refractivity contribution in [1.29, 1.82) is 0 Å². The van der Waals surface area contributed by atoms with Crippen LogP contribution in [0.5, 0.6) is 0 Å². The van der Waals surface area contributed by atoms with Gasteiger partial charge in [0.25, 0.3) is 5.56 Å². The van der Waals surface area contributed by atoms with Crippen molar-refractivity contribution in [3.05, 3.63) is 67.6 Å². The second kappa shape index (κ2) is 9.19. The van der Waals surface area contributed by atoms with Gasteiger partial charge < -0.3 is 14.6 Å². The number of fused-ring (bicyclic) bond motifs is 1. The van der Waals surface area contributed by atoms with E-state index < -0.39 is 0 Å². The number of aryl methyl sites for hydroxylation is 1. The van der Waals surface area contributed by atoms with E-state index in [-0.39, 0.29) is 11.6 Å². The predicted octanol–water partition coefficient (Wildman–Crippen LogP) is 2.96. The summed E-state index contributed by atoms with van der Waals surface area (Å²) in [6.45, 7) is 7.64. The Morgan fingerprint density at radius 2 is 2.03 bits per heavy atom. The van der Waals surface area contributed by atoms with Crippen LogP contribution in [0.4, 0.5) is 0 Å². The minimum Gasteiger partial charge on any atom is -0.377 e. The van der Waals surface area contributed by atoms with Crippen molar-refractivity contribution in [2.45, 2.75) is 46.2 Å². The molecule has 0 saturated carbocycles. The summed E-state index contributed by atoms with van der Waals surface area (Å²) >= 11 is 6.65. The molecule has 0 amide bonds. The highest BCUT2D eigenvalue weighted by atomic mass is 35.5. The average molecular weight is 480 g/mol. The molecule has 0 atom stereocenters. The van der Waals surface area contributed by atoms with Crippen LogP contribution in [-0.2, 0) is 11.3 Å². The van der Waals surface area contributed by atoms with Crippen LogP contribution in [0.25, 0.3) is 28.6 Å². The molecule has 0 radical (unpaired) electrons. The predicted molar refractivity (Wildman–Crippen MR) is 130 cm³/mol. The molecule has 9 heteroatoms. The van der Waals surface area contributed by atoms with Crippen LogP contribution in [0, 0.1) is 6.92 Å². The highest BCUT2D eigenvalue weighted by molar-refractivity contribution is 6.33. The Labute approximate surface area is 201 Å². The quantitative estimate of drug-likeness (QED) is 0.584. The van der Waals surface area contributed by atoms with Gasteiger partial charge in [0.05, 0.1) is 19.3 Å². The lowest BCUT2D eigenvalue weighted by Crippen LogP contribution is -2.47. The minimum absolute atomic E-state index is 0.130. The summed E-state index contributed by atoms with van der Waals surface area (Å²) in [5.74, 6) is 1.78. The summed E-state index contributed by atoms with van der Waals surface area (Å²) in [5.41, 5.74) is 3.66. The molecule has 3 aromatic rings. The Morgan fingerprint density at radius 3 is 2.65 bits per heavy atom. The maximum absolute atomic E-state index is 13.6. The minimum atomic E-state index is -0.130. The third-order valence-corrected chi connectivity index (χ3v) is 6.49. The highest BCUT2D eigenvalue weighted by Crippen LogP contribution is 2.29. The largest absolute Gasteiger partial charge is 0.377 e. The Morgan fingerprint density at radius 1 is 1.21 bits per heavy atom. The van der Waals surface area contributed by atoms with E-state index in [0.717, 1.165) is 29.4 Å². The Kier molecular flexibility index (Phi) is 6.10. The van der Waals surface area contributed by atoms with Gasteiger partial charge in [0.15, 0.2) is 0 Å². The van der Waals surface area contributed by atoms with Gasteiger partial charge in [-0.2, -0.15) is 4.98 Å². The third-order valence-electron chi connectivity index (χ3n) is 6.18. The second-order valence-corrected chi connectivity index (χ2v) is 8.83. The summed E-state index contributed by atoms with van der Waals surface area (Å²) in [4.78, 5) is 22.8. The second-order valence-electron chi connectivity index (χ2n) is 8.42. The molecule has 0 spiro atoms. The van der Waals surface area contributed by atoms with Crippen molar-refractivity contribution in [2.24, 2.45) is 4.99 Å². The molecular formula is C25H26ClN5O3. The maximum atomic E-state index is 13.6. The summed E-state index contributed by atoms with van der Waals surface area (Å²) in [5, 5.41) is 8.81. The molecule has 2 aliphatic rings. The number of rotatable bonds is 6. The van der Waals surface area contributed by atoms with Crippen molar-refractivity contribution in [3.63, 3.8) is 0 Å². The summed E-state index contributed by atoms with van der Waals surface area (Å²) in [7, 11) is 0. The molecule has 5 rings (SSSR count). The van der Waals surface area contributed by atoms with Crippen molar-refractivity contribution in [1.82, 2.24) is 20.0 Å². The number of allylic oxidation sites excluding steroid dienone is 1. The van der Waals surface area contributed by atoms with Gasteiger partial charge >= 0.3 is 0 Å². The smallest absolute Gasteiger partial charge is 0.260 e. The first kappa shape index (κ1) is 22.6. The lowest BCUT2D eigenvalue weighted by Gasteiger charge is -2.28. The van der Waals surface area contributed by atoms with E-state index in [1.54, 1.807) is 17.6 Å². The number of ether oxygens (including phenoxy) is 1. The standard InChI is InChI=1S/C25H26ClN5O3/c1-4-15-6-7-17-10-20(19-9-8-16(11-21(19)26)23-27-14(3)34-30-23)25(32)31(5-2)24(17)29-22(15)28-18-12-33-13-18/h7-11,18,28H,4-6,12-13H2,1-3H3. The molecule has 0 bridgehead atoms. The van der Waals surface area contributed by atoms with Crippen LogP contribution >= 0.6 is 11.6 Å². The van der Waals surface area contributed by atoms with E-state index in [1.165, 1.54) is 5.57 Å². The number of pyridine rings is 1. The van der Waals surface area contributed by atoms with E-state index in [9.17, 15) is 4.79 Å². The fraction of sp³-hybridized carbons (Fsp3) is 0.360. The van der Waals surface area contributed by atoms with Gasteiger partial charge in [-0.05, 0) is 37.5 Å². The molecule has 1 N–H and O–H groups in total. The number of nitrogens with one attached hydrogen (secondary N) is 1. The number of hydrogen-bond acceptors (Lipinski definition) is 7. The van der Waals surface area contributed by atoms with Gasteiger partial charge in [-0.1, -0.05) is 41.9 Å². The molecule has 1 aromatic carbocycles. The summed E-state index contributed by atoms with van der Waals surface area (Å²) in [6, 6.07) is 7.59. The zero-order valence-electron chi connectivity index (χ0n) is 19.4. The van der Waals surface area contributed by atoms with Crippen molar-refractivity contribution in [3.8, 4) is 22.5 Å². The lowest BCUT2D eigenvalue weighted by atomic mass is 10.0. The normalized spacial score (nSPS) is 15.8. The van der Waals surface area contributed by atoms with Crippen molar-refractivity contribution >= 4 is 17.7 Å². The molecule has 0 unspecified atom stereocenters. The maximum Gasteiger partial charge on any atom is 0.260 e. The zero-order valence-corrected chi connectivity index (χ0v) is 20.1. The number of benzene rings is 1. The fourth-order valence-corrected chi connectivity index (χ4v) is 4.49. The van der Waals surface area contributed by atoms with Crippen LogP contribution in [0.3, 0.4) is 0 Å². The molecule has 8 nitrogen and oxygen atoms in total. The van der Waals surface area contributed by atoms with Gasteiger partial charge in [0.1, 0.15) is 11.3 Å². The number of hydrogen-bond donors (Lipinski definition) is 1. The van der Waals surface area contributed by atoms with Crippen molar-refractivity contribution < 1.29 is 9.26 Å². The fourth-order valence-electron chi connectivity index (χ4n) is 4.20. The third kappa shape index (κ3) is 4.08. The van der Waals surface area contributed by atoms with Gasteiger partial charge in [0, 0.05) is 40.4 Å². The van der Waals surface area contributed by atoms with E-state index in [4.69, 9.17) is 25.9 Å². The van der Waals surface area contributed by atoms with E-state index in [2.05, 4.69) is 28.5 Å². The lowest BCUT2D eigenvalue weighted by molar-refractivity contribution is -0.00110. The Balaban J connectivity index is 1.63. The molecule has 1 saturated heterocycles. The van der Waals surface area contributed by atoms with Gasteiger partial charge in [0.2, 0.25) is 11.7 Å². The number of nitrogens with zero attached hydrogens (tertiary/aromatic N) is 4. The van der Waals surface area contributed by atoms with Gasteiger partial charge in [-0.25, -0.2) is 4.99 Å². The zero-order chi connectivity index (χ0) is 23.8. The monoisotopic (exact) mass is 479 g/mol. The first-order valence-electron chi connectivity index (χ1n) is 11.5. The Hall–Kier alpha value is -3.23. The van der Waals surface area contributed by atoms with Crippen LogP contribution < -0.4 is 21.6 Å². The van der Waals surface area contributed by atoms with Gasteiger partial charge in [-0.15, -0.1) is 0 Å². The van der Waals surface area contributed by atoms with E-state index in [0.29, 0.717) is 53.1 Å². The summed E-state index contributed by atoms with van der Waals surface area (Å²) < 4.78 is 12.1. The highest BCUT2D eigenvalue weighted by Gasteiger charge is 2.21. The van der Waals surface area contributed by atoms with Crippen LogP contribution in [0.1, 0.15) is 32.6 Å². The molecule has 0 aliphatic carbocycles. The molecule has 2 aromatic heterocycles. The summed E-state index contributed by atoms with van der Waals surface area (Å²) in [6.07, 6.45) is 3.77. The Bertz CT molecular complexity index is 1470. The van der Waals surface area contributed by atoms with Crippen molar-refractivity contribution in [2.75, 3.05) is 13.2 Å². The molecule has 1 fully saturated rings. The average Bonchev–Trinajstić information content (AvgIpc) is 3.15. The van der Waals surface area contributed by atoms with Crippen LogP contribution in [-0.4, -0.2) is 34.0 Å². The molecule has 2 aliphatic heterocycles. The molecule has 176 valence electrons. The molecular weight excluding hydrogens is 454 g/mol. The van der Waals surface area contributed by atoms with Gasteiger partial charge in [-0.3, -0.25) is 9.36 Å². The molecule has 4 heterocycles. The molecule has 34 heavy (non-hydrogen) atoms. The van der Waals surface area contributed by atoms with Crippen LogP contribution in [0.2, 0.25) is 5.02 Å².